The van der Waals surface area contributed by atoms with Crippen molar-refractivity contribution in [3.63, 3.8) is 0 Å². The Balaban J connectivity index is 1.99. The van der Waals surface area contributed by atoms with Gasteiger partial charge in [0.15, 0.2) is 0 Å². The zero-order valence-electron chi connectivity index (χ0n) is 10.0. The van der Waals surface area contributed by atoms with Crippen molar-refractivity contribution in [2.24, 2.45) is 0 Å². The van der Waals surface area contributed by atoms with Gasteiger partial charge in [-0.3, -0.25) is 0 Å². The Morgan fingerprint density at radius 3 is 2.55 bits per heavy atom. The number of halogens is 2. The van der Waals surface area contributed by atoms with E-state index in [1.807, 2.05) is 0 Å². The number of nitrogens with zero attached hydrogens (tertiary/aromatic N) is 2. The van der Waals surface area contributed by atoms with Crippen LogP contribution in [0.1, 0.15) is 0 Å². The standard InChI is InChI=1S/C14H8ClFN2O2/c15-12-7-9(16)3-6-11(12)13-17-14(20-18-13)8-1-4-10(19)5-2-8/h1-7,19H. The molecule has 0 saturated heterocycles. The first kappa shape index (κ1) is 12.6. The summed E-state index contributed by atoms with van der Waals surface area (Å²) in [4.78, 5) is 4.20. The lowest BCUT2D eigenvalue weighted by Gasteiger charge is -1.97. The molecule has 0 unspecified atom stereocenters. The van der Waals surface area contributed by atoms with Crippen molar-refractivity contribution in [1.29, 1.82) is 0 Å². The summed E-state index contributed by atoms with van der Waals surface area (Å²) in [5, 5.41) is 13.3. The van der Waals surface area contributed by atoms with Crippen LogP contribution < -0.4 is 0 Å². The molecule has 0 atom stereocenters. The average Bonchev–Trinajstić information content (AvgIpc) is 2.89. The summed E-state index contributed by atoms with van der Waals surface area (Å²) in [5.74, 6) is 0.287. The second kappa shape index (κ2) is 4.94. The summed E-state index contributed by atoms with van der Waals surface area (Å²) in [6.45, 7) is 0. The molecule has 20 heavy (non-hydrogen) atoms. The molecule has 4 nitrogen and oxygen atoms in total. The van der Waals surface area contributed by atoms with Gasteiger partial charge in [0.05, 0.1) is 5.02 Å². The minimum absolute atomic E-state index is 0.148. The molecule has 1 heterocycles. The third-order valence-electron chi connectivity index (χ3n) is 2.71. The van der Waals surface area contributed by atoms with Crippen LogP contribution in [0, 0.1) is 5.82 Å². The zero-order chi connectivity index (χ0) is 14.1. The molecule has 3 rings (SSSR count). The maximum absolute atomic E-state index is 13.0. The highest BCUT2D eigenvalue weighted by Crippen LogP contribution is 2.28. The number of benzene rings is 2. The van der Waals surface area contributed by atoms with Crippen molar-refractivity contribution in [1.82, 2.24) is 10.1 Å². The fourth-order valence-corrected chi connectivity index (χ4v) is 1.98. The van der Waals surface area contributed by atoms with E-state index in [4.69, 9.17) is 16.1 Å². The molecule has 0 aliphatic rings. The van der Waals surface area contributed by atoms with E-state index < -0.39 is 5.82 Å². The number of phenols is 1. The van der Waals surface area contributed by atoms with Gasteiger partial charge in [-0.25, -0.2) is 4.39 Å². The van der Waals surface area contributed by atoms with E-state index in [1.54, 1.807) is 12.1 Å². The van der Waals surface area contributed by atoms with Crippen molar-refractivity contribution < 1.29 is 14.0 Å². The Bertz CT molecular complexity index is 756. The van der Waals surface area contributed by atoms with Gasteiger partial charge < -0.3 is 9.63 Å². The van der Waals surface area contributed by atoms with Gasteiger partial charge in [-0.2, -0.15) is 4.98 Å². The first-order chi connectivity index (χ1) is 9.63. The molecule has 0 aliphatic carbocycles. The minimum Gasteiger partial charge on any atom is -0.508 e. The topological polar surface area (TPSA) is 59.2 Å². The predicted octanol–water partition coefficient (Wildman–Crippen LogP) is 3.90. The maximum Gasteiger partial charge on any atom is 0.258 e. The molecule has 0 aliphatic heterocycles. The molecule has 0 bridgehead atoms. The van der Waals surface area contributed by atoms with Crippen LogP contribution in [-0.4, -0.2) is 15.2 Å². The highest BCUT2D eigenvalue weighted by Gasteiger charge is 2.13. The number of hydrogen-bond donors (Lipinski definition) is 1. The second-order valence-electron chi connectivity index (χ2n) is 4.09. The molecular formula is C14H8ClFN2O2. The molecule has 2 aromatic carbocycles. The van der Waals surface area contributed by atoms with Crippen LogP contribution >= 0.6 is 11.6 Å². The lowest BCUT2D eigenvalue weighted by atomic mass is 10.2. The third kappa shape index (κ3) is 2.35. The molecule has 0 amide bonds. The normalized spacial score (nSPS) is 10.7. The first-order valence-corrected chi connectivity index (χ1v) is 6.10. The van der Waals surface area contributed by atoms with E-state index in [0.717, 1.165) is 0 Å². The highest BCUT2D eigenvalue weighted by atomic mass is 35.5. The number of phenolic OH excluding ortho intramolecular Hbond substituents is 1. The van der Waals surface area contributed by atoms with E-state index in [9.17, 15) is 9.50 Å². The number of aromatic nitrogens is 2. The Labute approximate surface area is 118 Å². The van der Waals surface area contributed by atoms with Gasteiger partial charge in [-0.15, -0.1) is 0 Å². The van der Waals surface area contributed by atoms with E-state index in [-0.39, 0.29) is 16.6 Å². The summed E-state index contributed by atoms with van der Waals surface area (Å²) < 4.78 is 18.1. The van der Waals surface area contributed by atoms with Gasteiger partial charge >= 0.3 is 0 Å². The summed E-state index contributed by atoms with van der Waals surface area (Å²) >= 11 is 5.95. The van der Waals surface area contributed by atoms with Crippen LogP contribution in [0.25, 0.3) is 22.8 Å². The minimum atomic E-state index is -0.430. The van der Waals surface area contributed by atoms with Gasteiger partial charge in [-0.05, 0) is 42.5 Å². The van der Waals surface area contributed by atoms with Crippen LogP contribution in [-0.2, 0) is 0 Å². The monoisotopic (exact) mass is 290 g/mol. The molecule has 0 radical (unpaired) electrons. The molecule has 6 heteroatoms. The summed E-state index contributed by atoms with van der Waals surface area (Å²) in [6.07, 6.45) is 0. The van der Waals surface area contributed by atoms with Crippen LogP contribution in [0.5, 0.6) is 5.75 Å². The fourth-order valence-electron chi connectivity index (χ4n) is 1.72. The van der Waals surface area contributed by atoms with Crippen molar-refractivity contribution in [2.75, 3.05) is 0 Å². The van der Waals surface area contributed by atoms with E-state index in [0.29, 0.717) is 17.0 Å². The number of rotatable bonds is 2. The van der Waals surface area contributed by atoms with Crippen LogP contribution in [0.15, 0.2) is 47.0 Å². The molecule has 1 aromatic heterocycles. The van der Waals surface area contributed by atoms with E-state index in [2.05, 4.69) is 10.1 Å². The quantitative estimate of drug-likeness (QED) is 0.777. The Morgan fingerprint density at radius 1 is 1.10 bits per heavy atom. The highest BCUT2D eigenvalue weighted by molar-refractivity contribution is 6.33. The van der Waals surface area contributed by atoms with Crippen molar-refractivity contribution in [3.05, 3.63) is 53.3 Å². The smallest absolute Gasteiger partial charge is 0.258 e. The SMILES string of the molecule is Oc1ccc(-c2nc(-c3ccc(F)cc3Cl)no2)cc1. The van der Waals surface area contributed by atoms with Gasteiger partial charge in [-0.1, -0.05) is 16.8 Å². The summed E-state index contributed by atoms with van der Waals surface area (Å²) in [5.41, 5.74) is 1.15. The van der Waals surface area contributed by atoms with Gasteiger partial charge in [0.1, 0.15) is 11.6 Å². The lowest BCUT2D eigenvalue weighted by molar-refractivity contribution is 0.432. The predicted molar refractivity (Wildman–Crippen MR) is 71.8 cm³/mol. The van der Waals surface area contributed by atoms with Gasteiger partial charge in [0.25, 0.3) is 5.89 Å². The number of hydrogen-bond acceptors (Lipinski definition) is 4. The Hall–Kier alpha value is -2.40. The molecule has 0 fully saturated rings. The first-order valence-electron chi connectivity index (χ1n) is 5.72. The van der Waals surface area contributed by atoms with Crippen LogP contribution in [0.3, 0.4) is 0 Å². The second-order valence-corrected chi connectivity index (χ2v) is 4.50. The van der Waals surface area contributed by atoms with Crippen LogP contribution in [0.2, 0.25) is 5.02 Å². The lowest BCUT2D eigenvalue weighted by Crippen LogP contribution is -1.84. The maximum atomic E-state index is 13.0. The summed E-state index contributed by atoms with van der Waals surface area (Å²) in [7, 11) is 0. The number of aromatic hydroxyl groups is 1. The average molecular weight is 291 g/mol. The molecule has 100 valence electrons. The molecule has 0 spiro atoms. The molecule has 0 saturated carbocycles. The van der Waals surface area contributed by atoms with Crippen molar-refractivity contribution >= 4 is 11.6 Å². The van der Waals surface area contributed by atoms with Gasteiger partial charge in [0, 0.05) is 11.1 Å². The summed E-state index contributed by atoms with van der Waals surface area (Å²) in [6, 6.07) is 10.3. The molecular weight excluding hydrogens is 283 g/mol. The third-order valence-corrected chi connectivity index (χ3v) is 3.03. The fraction of sp³-hybridized carbons (Fsp3) is 0. The molecule has 1 N–H and O–H groups in total. The Morgan fingerprint density at radius 2 is 1.85 bits per heavy atom. The van der Waals surface area contributed by atoms with E-state index in [1.165, 1.54) is 30.3 Å². The van der Waals surface area contributed by atoms with E-state index >= 15 is 0 Å². The van der Waals surface area contributed by atoms with Crippen molar-refractivity contribution in [2.45, 2.75) is 0 Å². The van der Waals surface area contributed by atoms with Crippen LogP contribution in [0.4, 0.5) is 4.39 Å². The molecule has 3 aromatic rings. The largest absolute Gasteiger partial charge is 0.508 e. The van der Waals surface area contributed by atoms with Crippen molar-refractivity contribution in [3.8, 4) is 28.6 Å². The Kier molecular flexibility index (Phi) is 3.12. The van der Waals surface area contributed by atoms with Gasteiger partial charge in [0.2, 0.25) is 5.82 Å². The zero-order valence-corrected chi connectivity index (χ0v) is 10.8.